The molecule has 0 fully saturated rings. The average molecular weight is 449 g/mol. The first-order valence-corrected chi connectivity index (χ1v) is 9.28. The number of carbonyl (C=O) groups excluding carboxylic acids is 1. The first-order valence-electron chi connectivity index (χ1n) is 8.90. The van der Waals surface area contributed by atoms with Gasteiger partial charge in [-0.3, -0.25) is 0 Å². The first kappa shape index (κ1) is 22.2. The lowest BCUT2D eigenvalue weighted by atomic mass is 10.1. The topological polar surface area (TPSA) is 77.8 Å². The number of nitrogens with zero attached hydrogens (tertiary/aromatic N) is 1. The molecule has 2 N–H and O–H groups in total. The van der Waals surface area contributed by atoms with Crippen LogP contribution in [-0.4, -0.2) is 17.9 Å². The van der Waals surface area contributed by atoms with Gasteiger partial charge in [0, 0.05) is 11.1 Å². The molecule has 5 nitrogen and oxygen atoms in total. The number of rotatable bonds is 6. The molecule has 1 heterocycles. The summed E-state index contributed by atoms with van der Waals surface area (Å²) in [6.45, 7) is 0.0289. The van der Waals surface area contributed by atoms with E-state index in [9.17, 15) is 18.0 Å². The minimum absolute atomic E-state index is 0.0289. The van der Waals surface area contributed by atoms with Gasteiger partial charge in [0.1, 0.15) is 12.3 Å². The van der Waals surface area contributed by atoms with Gasteiger partial charge in [-0.2, -0.15) is 13.2 Å². The zero-order chi connectivity index (χ0) is 22.4. The number of carbonyl (C=O) groups is 1. The van der Waals surface area contributed by atoms with Crippen LogP contribution in [-0.2, 0) is 11.3 Å². The molecule has 0 amide bonds. The smallest absolute Gasteiger partial charge is 0.430 e. The zero-order valence-corrected chi connectivity index (χ0v) is 16.7. The van der Waals surface area contributed by atoms with Crippen molar-refractivity contribution in [3.05, 3.63) is 101 Å². The van der Waals surface area contributed by atoms with Crippen molar-refractivity contribution in [3.8, 4) is 0 Å². The summed E-state index contributed by atoms with van der Waals surface area (Å²) >= 11 is 6.08. The third kappa shape index (κ3) is 5.99. The van der Waals surface area contributed by atoms with Crippen molar-refractivity contribution >= 4 is 29.0 Å². The number of para-hydroxylation sites is 1. The van der Waals surface area contributed by atoms with Crippen LogP contribution in [0.4, 0.5) is 18.9 Å². The van der Waals surface area contributed by atoms with E-state index in [2.05, 4.69) is 4.99 Å². The van der Waals surface area contributed by atoms with Gasteiger partial charge < -0.3 is 14.9 Å². The first-order chi connectivity index (χ1) is 14.7. The van der Waals surface area contributed by atoms with Crippen molar-refractivity contribution in [2.24, 2.45) is 10.7 Å². The van der Waals surface area contributed by atoms with Crippen molar-refractivity contribution in [2.75, 3.05) is 0 Å². The van der Waals surface area contributed by atoms with Gasteiger partial charge in [0.2, 0.25) is 0 Å². The third-order valence-electron chi connectivity index (χ3n) is 4.08. The van der Waals surface area contributed by atoms with E-state index in [0.717, 1.165) is 6.08 Å². The van der Waals surface area contributed by atoms with Gasteiger partial charge >= 0.3 is 12.1 Å². The van der Waals surface area contributed by atoms with Crippen LogP contribution >= 0.6 is 11.6 Å². The van der Waals surface area contributed by atoms with Crippen molar-refractivity contribution < 1.29 is 27.1 Å². The van der Waals surface area contributed by atoms with Crippen molar-refractivity contribution in [2.45, 2.75) is 12.8 Å². The Labute approximate surface area is 180 Å². The van der Waals surface area contributed by atoms with Crippen LogP contribution in [0.3, 0.4) is 0 Å². The Bertz CT molecular complexity index is 1110. The summed E-state index contributed by atoms with van der Waals surface area (Å²) < 4.78 is 49.0. The number of allylic oxidation sites excluding steroid dienone is 2. The Kier molecular flexibility index (Phi) is 6.81. The number of halogens is 4. The second kappa shape index (κ2) is 9.53. The van der Waals surface area contributed by atoms with E-state index in [1.54, 1.807) is 30.3 Å². The lowest BCUT2D eigenvalue weighted by Crippen LogP contribution is -2.21. The molecule has 0 spiro atoms. The molecule has 2 aromatic carbocycles. The monoisotopic (exact) mass is 448 g/mol. The van der Waals surface area contributed by atoms with Crippen LogP contribution in [0.2, 0.25) is 5.02 Å². The van der Waals surface area contributed by atoms with Crippen LogP contribution in [0, 0.1) is 0 Å². The molecule has 9 heteroatoms. The Morgan fingerprint density at radius 1 is 1.10 bits per heavy atom. The van der Waals surface area contributed by atoms with Gasteiger partial charge in [0.05, 0.1) is 34.5 Å². The molecule has 0 atom stereocenters. The number of alkyl halides is 3. The predicted octanol–water partition coefficient (Wildman–Crippen LogP) is 5.82. The van der Waals surface area contributed by atoms with E-state index in [1.165, 1.54) is 36.8 Å². The predicted molar refractivity (Wildman–Crippen MR) is 110 cm³/mol. The molecule has 3 rings (SSSR count). The molecule has 1 aromatic heterocycles. The minimum Gasteiger partial charge on any atom is -0.472 e. The van der Waals surface area contributed by atoms with Crippen molar-refractivity contribution in [1.29, 1.82) is 0 Å². The summed E-state index contributed by atoms with van der Waals surface area (Å²) in [5.41, 5.74) is 5.28. The van der Waals surface area contributed by atoms with Crippen LogP contribution in [0.25, 0.3) is 0 Å². The van der Waals surface area contributed by atoms with Gasteiger partial charge in [-0.05, 0) is 36.4 Å². The van der Waals surface area contributed by atoms with Crippen molar-refractivity contribution in [1.82, 2.24) is 0 Å². The Morgan fingerprint density at radius 2 is 1.77 bits per heavy atom. The van der Waals surface area contributed by atoms with Gasteiger partial charge in [0.15, 0.2) is 0 Å². The molecule has 0 radical (unpaired) electrons. The average Bonchev–Trinajstić information content (AvgIpc) is 3.26. The number of furan rings is 1. The van der Waals surface area contributed by atoms with Gasteiger partial charge in [-0.15, -0.1) is 0 Å². The second-order valence-electron chi connectivity index (χ2n) is 6.33. The van der Waals surface area contributed by atoms with E-state index in [-0.39, 0.29) is 28.6 Å². The highest BCUT2D eigenvalue weighted by Gasteiger charge is 2.31. The van der Waals surface area contributed by atoms with E-state index in [1.807, 2.05) is 0 Å². The lowest BCUT2D eigenvalue weighted by molar-refractivity contribution is -0.0925. The summed E-state index contributed by atoms with van der Waals surface area (Å²) in [4.78, 5) is 16.4. The van der Waals surface area contributed by atoms with Gasteiger partial charge in [-0.1, -0.05) is 35.9 Å². The molecule has 0 aliphatic rings. The van der Waals surface area contributed by atoms with E-state index < -0.39 is 17.8 Å². The Morgan fingerprint density at radius 3 is 2.39 bits per heavy atom. The van der Waals surface area contributed by atoms with Crippen LogP contribution in [0.15, 0.2) is 88.3 Å². The number of esters is 1. The van der Waals surface area contributed by atoms with Crippen molar-refractivity contribution in [3.63, 3.8) is 0 Å². The van der Waals surface area contributed by atoms with Crippen LogP contribution in [0.5, 0.6) is 0 Å². The van der Waals surface area contributed by atoms with E-state index in [4.69, 9.17) is 26.5 Å². The van der Waals surface area contributed by atoms with E-state index in [0.29, 0.717) is 11.1 Å². The van der Waals surface area contributed by atoms with Gasteiger partial charge in [-0.25, -0.2) is 9.79 Å². The highest BCUT2D eigenvalue weighted by molar-refractivity contribution is 6.33. The summed E-state index contributed by atoms with van der Waals surface area (Å²) in [7, 11) is 0. The third-order valence-corrected chi connectivity index (χ3v) is 4.40. The maximum atomic E-state index is 13.0. The second-order valence-corrected chi connectivity index (χ2v) is 6.74. The molecule has 0 bridgehead atoms. The molecule has 3 aromatic rings. The number of aliphatic imine (C=N–C) groups is 1. The standard InChI is InChI=1S/C22H16ClF3N2O3/c23-17-3-1-2-4-18(17)28-19(11-20(27)22(24,25)26)15-5-7-16(8-6-15)21(29)31-13-14-9-10-30-12-14/h1-12H,13,27H2. The highest BCUT2D eigenvalue weighted by atomic mass is 35.5. The maximum absolute atomic E-state index is 13.0. The number of benzene rings is 2. The molecule has 160 valence electrons. The maximum Gasteiger partial charge on any atom is 0.430 e. The largest absolute Gasteiger partial charge is 0.472 e. The molecule has 0 saturated heterocycles. The summed E-state index contributed by atoms with van der Waals surface area (Å²) in [5, 5.41) is 0.262. The Hall–Kier alpha value is -3.52. The van der Waals surface area contributed by atoms with E-state index >= 15 is 0 Å². The summed E-state index contributed by atoms with van der Waals surface area (Å²) in [6, 6.07) is 13.8. The highest BCUT2D eigenvalue weighted by Crippen LogP contribution is 2.27. The molecule has 0 saturated carbocycles. The Balaban J connectivity index is 1.88. The number of hydrogen-bond donors (Lipinski definition) is 1. The summed E-state index contributed by atoms with van der Waals surface area (Å²) in [6.07, 6.45) is -1.10. The van der Waals surface area contributed by atoms with Crippen LogP contribution in [0.1, 0.15) is 21.5 Å². The molecule has 0 unspecified atom stereocenters. The quantitative estimate of drug-likeness (QED) is 0.381. The fraction of sp³-hybridized carbons (Fsp3) is 0.0909. The minimum atomic E-state index is -4.72. The molecular formula is C22H16ClF3N2O3. The molecule has 0 aliphatic heterocycles. The van der Waals surface area contributed by atoms with Gasteiger partial charge in [0.25, 0.3) is 0 Å². The lowest BCUT2D eigenvalue weighted by Gasteiger charge is -2.10. The zero-order valence-electron chi connectivity index (χ0n) is 15.9. The number of nitrogens with two attached hydrogens (primary N) is 1. The van der Waals surface area contributed by atoms with Crippen LogP contribution < -0.4 is 5.73 Å². The fourth-order valence-corrected chi connectivity index (χ4v) is 2.64. The summed E-state index contributed by atoms with van der Waals surface area (Å²) in [5.74, 6) is -0.595. The molecule has 0 aliphatic carbocycles. The molecule has 31 heavy (non-hydrogen) atoms. The fourth-order valence-electron chi connectivity index (χ4n) is 2.47. The SMILES string of the molecule is NC(=CC(=Nc1ccccc1Cl)c1ccc(C(=O)OCc2ccoc2)cc1)C(F)(F)F. The molecular weight excluding hydrogens is 433 g/mol. The normalized spacial score (nSPS) is 12.6. The number of ether oxygens (including phenoxy) is 1. The number of hydrogen-bond acceptors (Lipinski definition) is 5.